The van der Waals surface area contributed by atoms with Crippen LogP contribution in [0.25, 0.3) is 0 Å². The van der Waals surface area contributed by atoms with Crippen molar-refractivity contribution in [3.8, 4) is 0 Å². The summed E-state index contributed by atoms with van der Waals surface area (Å²) in [5, 5.41) is 0. The molecule has 0 radical (unpaired) electrons. The molecule has 0 aromatic carbocycles. The minimum Gasteiger partial charge on any atom is -0.374 e. The summed E-state index contributed by atoms with van der Waals surface area (Å²) >= 11 is 5.74. The normalized spacial score (nSPS) is 27.5. The molecule has 0 aromatic heterocycles. The van der Waals surface area contributed by atoms with E-state index in [1.54, 1.807) is 0 Å². The van der Waals surface area contributed by atoms with Gasteiger partial charge in [0.1, 0.15) is 0 Å². The van der Waals surface area contributed by atoms with Crippen LogP contribution in [-0.4, -0.2) is 42.1 Å². The summed E-state index contributed by atoms with van der Waals surface area (Å²) in [4.78, 5) is 2.42. The summed E-state index contributed by atoms with van der Waals surface area (Å²) in [5.74, 6) is 0.604. The molecule has 0 amide bonds. The molecule has 3 heteroatoms. The van der Waals surface area contributed by atoms with Crippen LogP contribution in [0.4, 0.5) is 0 Å². The minimum atomic E-state index is 0.222. The Morgan fingerprint density at radius 3 is 2.67 bits per heavy atom. The molecule has 1 aliphatic rings. The van der Waals surface area contributed by atoms with Crippen molar-refractivity contribution in [1.82, 2.24) is 4.90 Å². The third-order valence-electron chi connectivity index (χ3n) is 2.26. The molecule has 12 heavy (non-hydrogen) atoms. The van der Waals surface area contributed by atoms with Gasteiger partial charge in [-0.3, -0.25) is 4.90 Å². The molecule has 1 rings (SSSR count). The second-order valence-electron chi connectivity index (χ2n) is 4.26. The van der Waals surface area contributed by atoms with Crippen molar-refractivity contribution in [1.29, 1.82) is 0 Å². The molecule has 0 aliphatic carbocycles. The van der Waals surface area contributed by atoms with Crippen molar-refractivity contribution in [2.75, 3.05) is 25.6 Å². The Kier molecular flexibility index (Phi) is 3.38. The van der Waals surface area contributed by atoms with E-state index in [0.29, 0.717) is 5.88 Å². The Hall–Kier alpha value is 0.210. The topological polar surface area (TPSA) is 12.5 Å². The lowest BCUT2D eigenvalue weighted by atomic mass is 10.0. The van der Waals surface area contributed by atoms with Crippen LogP contribution >= 0.6 is 11.6 Å². The second-order valence-corrected chi connectivity index (χ2v) is 4.57. The maximum Gasteiger partial charge on any atom is 0.0837 e. The standard InChI is InChI=1S/C9H18ClNO/c1-9(2,3)11-4-5-12-8(6-10)7-11/h8H,4-7H2,1-3H3/t8-/m1/s1. The molecule has 0 N–H and O–H groups in total. The third-order valence-corrected chi connectivity index (χ3v) is 2.60. The van der Waals surface area contributed by atoms with Crippen molar-refractivity contribution in [2.45, 2.75) is 32.4 Å². The molecule has 1 atom stereocenters. The lowest BCUT2D eigenvalue weighted by molar-refractivity contribution is -0.0479. The fourth-order valence-corrected chi connectivity index (χ4v) is 1.61. The number of ether oxygens (including phenoxy) is 1. The minimum absolute atomic E-state index is 0.222. The monoisotopic (exact) mass is 191 g/mol. The highest BCUT2D eigenvalue weighted by Crippen LogP contribution is 2.17. The predicted molar refractivity (Wildman–Crippen MR) is 51.8 cm³/mol. The SMILES string of the molecule is CC(C)(C)N1CCO[C@H](CCl)C1. The van der Waals surface area contributed by atoms with E-state index in [-0.39, 0.29) is 11.6 Å². The average molecular weight is 192 g/mol. The van der Waals surface area contributed by atoms with Crippen LogP contribution in [0.15, 0.2) is 0 Å². The number of hydrogen-bond donors (Lipinski definition) is 0. The number of hydrogen-bond acceptors (Lipinski definition) is 2. The molecule has 0 bridgehead atoms. The zero-order chi connectivity index (χ0) is 9.19. The predicted octanol–water partition coefficient (Wildman–Crippen LogP) is 1.72. The van der Waals surface area contributed by atoms with E-state index in [4.69, 9.17) is 16.3 Å². The highest BCUT2D eigenvalue weighted by molar-refractivity contribution is 6.18. The Morgan fingerprint density at radius 2 is 2.17 bits per heavy atom. The van der Waals surface area contributed by atoms with E-state index in [9.17, 15) is 0 Å². The van der Waals surface area contributed by atoms with Gasteiger partial charge in [0.05, 0.1) is 12.7 Å². The first-order valence-corrected chi connectivity index (χ1v) is 5.00. The van der Waals surface area contributed by atoms with E-state index in [0.717, 1.165) is 19.7 Å². The van der Waals surface area contributed by atoms with E-state index < -0.39 is 0 Å². The fraction of sp³-hybridized carbons (Fsp3) is 1.00. The van der Waals surface area contributed by atoms with Crippen molar-refractivity contribution in [3.05, 3.63) is 0 Å². The maximum absolute atomic E-state index is 5.74. The van der Waals surface area contributed by atoms with Gasteiger partial charge in [0.25, 0.3) is 0 Å². The van der Waals surface area contributed by atoms with Crippen LogP contribution in [0.3, 0.4) is 0 Å². The van der Waals surface area contributed by atoms with Crippen molar-refractivity contribution in [3.63, 3.8) is 0 Å². The highest BCUT2D eigenvalue weighted by atomic mass is 35.5. The first-order valence-electron chi connectivity index (χ1n) is 4.46. The molecular weight excluding hydrogens is 174 g/mol. The summed E-state index contributed by atoms with van der Waals surface area (Å²) in [7, 11) is 0. The number of halogens is 1. The first-order chi connectivity index (χ1) is 5.54. The van der Waals surface area contributed by atoms with Crippen LogP contribution in [-0.2, 0) is 4.74 Å². The first kappa shape index (κ1) is 10.3. The number of rotatable bonds is 1. The smallest absolute Gasteiger partial charge is 0.0837 e. The van der Waals surface area contributed by atoms with Gasteiger partial charge in [-0.25, -0.2) is 0 Å². The maximum atomic E-state index is 5.74. The lowest BCUT2D eigenvalue weighted by Gasteiger charge is -2.41. The van der Waals surface area contributed by atoms with Gasteiger partial charge < -0.3 is 4.74 Å². The molecule has 2 nitrogen and oxygen atoms in total. The molecule has 1 heterocycles. The van der Waals surface area contributed by atoms with Crippen LogP contribution < -0.4 is 0 Å². The van der Waals surface area contributed by atoms with Gasteiger partial charge >= 0.3 is 0 Å². The fourth-order valence-electron chi connectivity index (χ4n) is 1.42. The zero-order valence-corrected chi connectivity index (χ0v) is 8.90. The van der Waals surface area contributed by atoms with E-state index in [1.807, 2.05) is 0 Å². The van der Waals surface area contributed by atoms with Gasteiger partial charge in [-0.05, 0) is 20.8 Å². The largest absolute Gasteiger partial charge is 0.374 e. The van der Waals surface area contributed by atoms with Crippen LogP contribution in [0, 0.1) is 0 Å². The molecule has 1 aliphatic heterocycles. The summed E-state index contributed by atoms with van der Waals surface area (Å²) in [6.45, 7) is 9.48. The molecule has 1 fully saturated rings. The molecule has 0 unspecified atom stereocenters. The lowest BCUT2D eigenvalue weighted by Crippen LogP contribution is -2.51. The van der Waals surface area contributed by atoms with Crippen molar-refractivity contribution in [2.24, 2.45) is 0 Å². The van der Waals surface area contributed by atoms with E-state index in [2.05, 4.69) is 25.7 Å². The number of alkyl halides is 1. The van der Waals surface area contributed by atoms with Gasteiger partial charge in [0, 0.05) is 24.5 Å². The summed E-state index contributed by atoms with van der Waals surface area (Å²) in [6.07, 6.45) is 0.222. The van der Waals surface area contributed by atoms with Crippen LogP contribution in [0.1, 0.15) is 20.8 Å². The Bertz CT molecular complexity index is 144. The molecule has 72 valence electrons. The van der Waals surface area contributed by atoms with Crippen LogP contribution in [0.2, 0.25) is 0 Å². The molecule has 1 saturated heterocycles. The number of nitrogens with zero attached hydrogens (tertiary/aromatic N) is 1. The summed E-state index contributed by atoms with van der Waals surface area (Å²) in [5.41, 5.74) is 0.244. The molecule has 0 spiro atoms. The summed E-state index contributed by atoms with van der Waals surface area (Å²) in [6, 6.07) is 0. The zero-order valence-electron chi connectivity index (χ0n) is 8.14. The summed E-state index contributed by atoms with van der Waals surface area (Å²) < 4.78 is 5.48. The van der Waals surface area contributed by atoms with Gasteiger partial charge in [0.15, 0.2) is 0 Å². The number of morpholine rings is 1. The molecule has 0 saturated carbocycles. The molecule has 0 aromatic rings. The highest BCUT2D eigenvalue weighted by Gasteiger charge is 2.27. The molecular formula is C9H18ClNO. The van der Waals surface area contributed by atoms with Gasteiger partial charge in [0.2, 0.25) is 0 Å². The van der Waals surface area contributed by atoms with Gasteiger partial charge in [-0.15, -0.1) is 11.6 Å². The second kappa shape index (κ2) is 3.95. The third kappa shape index (κ3) is 2.61. The van der Waals surface area contributed by atoms with Gasteiger partial charge in [-0.1, -0.05) is 0 Å². The quantitative estimate of drug-likeness (QED) is 0.586. The average Bonchev–Trinajstić information content (AvgIpc) is 2.03. The van der Waals surface area contributed by atoms with Crippen LogP contribution in [0.5, 0.6) is 0 Å². The van der Waals surface area contributed by atoms with E-state index in [1.165, 1.54) is 0 Å². The Labute approximate surface area is 79.8 Å². The van der Waals surface area contributed by atoms with Gasteiger partial charge in [-0.2, -0.15) is 0 Å². The van der Waals surface area contributed by atoms with Crippen molar-refractivity contribution >= 4 is 11.6 Å². The van der Waals surface area contributed by atoms with E-state index >= 15 is 0 Å². The Morgan fingerprint density at radius 1 is 1.50 bits per heavy atom. The van der Waals surface area contributed by atoms with Crippen molar-refractivity contribution < 1.29 is 4.74 Å². The Balaban J connectivity index is 2.46.